The first-order chi connectivity index (χ1) is 13.1. The van der Waals surface area contributed by atoms with Gasteiger partial charge >= 0.3 is 0 Å². The van der Waals surface area contributed by atoms with Gasteiger partial charge in [0, 0.05) is 26.5 Å². The second-order valence-electron chi connectivity index (χ2n) is 6.33. The van der Waals surface area contributed by atoms with E-state index in [-0.39, 0.29) is 5.78 Å². The molecule has 0 N–H and O–H groups in total. The van der Waals surface area contributed by atoms with Crippen molar-refractivity contribution in [3.8, 4) is 6.07 Å². The molecule has 5 heteroatoms. The third-order valence-electron chi connectivity index (χ3n) is 4.47. The predicted molar refractivity (Wildman–Crippen MR) is 109 cm³/mol. The first-order valence-electron chi connectivity index (χ1n) is 8.43. The summed E-state index contributed by atoms with van der Waals surface area (Å²) in [4.78, 5) is 22.3. The van der Waals surface area contributed by atoms with Crippen molar-refractivity contribution in [1.82, 2.24) is 9.97 Å². The summed E-state index contributed by atoms with van der Waals surface area (Å²) in [5, 5.41) is 11.4. The minimum Gasteiger partial charge on any atom is -0.292 e. The summed E-state index contributed by atoms with van der Waals surface area (Å²) in [6.07, 6.45) is 0. The molecule has 0 radical (unpaired) electrons. The lowest BCUT2D eigenvalue weighted by Crippen LogP contribution is -2.14. The van der Waals surface area contributed by atoms with E-state index in [1.807, 2.05) is 55.5 Å². The van der Waals surface area contributed by atoms with Gasteiger partial charge in [0.25, 0.3) is 0 Å². The van der Waals surface area contributed by atoms with Crippen LogP contribution in [0.15, 0.2) is 65.1 Å². The maximum absolute atomic E-state index is 13.3. The Morgan fingerprint density at radius 2 is 1.85 bits per heavy atom. The molecular weight excluding hydrogens is 402 g/mol. The van der Waals surface area contributed by atoms with Gasteiger partial charge in [-0.1, -0.05) is 46.3 Å². The van der Waals surface area contributed by atoms with Gasteiger partial charge in [-0.2, -0.15) is 5.26 Å². The maximum Gasteiger partial charge on any atom is 0.186 e. The lowest BCUT2D eigenvalue weighted by molar-refractivity contribution is 0.0979. The number of carbonyl (C=O) groups is 1. The van der Waals surface area contributed by atoms with Crippen LogP contribution in [0.25, 0.3) is 21.8 Å². The van der Waals surface area contributed by atoms with Crippen LogP contribution in [0, 0.1) is 18.3 Å². The Bertz CT molecular complexity index is 1240. The number of carbonyl (C=O) groups excluding carboxylic acids is 1. The summed E-state index contributed by atoms with van der Waals surface area (Å²) >= 11 is 3.43. The number of benzene rings is 2. The number of rotatable bonds is 3. The molecule has 0 aliphatic heterocycles. The molecule has 0 spiro atoms. The molecule has 0 amide bonds. The van der Waals surface area contributed by atoms with Gasteiger partial charge in [-0.05, 0) is 37.3 Å². The normalized spacial score (nSPS) is 12.0. The third-order valence-corrected chi connectivity index (χ3v) is 4.97. The number of aromatic nitrogens is 2. The summed E-state index contributed by atoms with van der Waals surface area (Å²) in [6.45, 7) is 1.84. The lowest BCUT2D eigenvalue weighted by atomic mass is 9.92. The molecule has 4 rings (SSSR count). The second kappa shape index (κ2) is 6.90. The Balaban J connectivity index is 1.85. The van der Waals surface area contributed by atoms with E-state index >= 15 is 0 Å². The second-order valence-corrected chi connectivity index (χ2v) is 7.24. The van der Waals surface area contributed by atoms with E-state index in [1.54, 1.807) is 12.1 Å². The molecule has 2 aromatic carbocycles. The van der Waals surface area contributed by atoms with E-state index in [2.05, 4.69) is 32.0 Å². The van der Waals surface area contributed by atoms with Gasteiger partial charge in [0.15, 0.2) is 11.7 Å². The average molecular weight is 416 g/mol. The van der Waals surface area contributed by atoms with E-state index in [1.165, 1.54) is 0 Å². The van der Waals surface area contributed by atoms with Crippen LogP contribution in [0.3, 0.4) is 0 Å². The molecule has 27 heavy (non-hydrogen) atoms. The summed E-state index contributed by atoms with van der Waals surface area (Å²) < 4.78 is 0.888. The van der Waals surface area contributed by atoms with Crippen molar-refractivity contribution in [2.45, 2.75) is 12.8 Å². The molecule has 2 heterocycles. The van der Waals surface area contributed by atoms with Gasteiger partial charge in [-0.15, -0.1) is 0 Å². The van der Waals surface area contributed by atoms with Crippen molar-refractivity contribution in [3.05, 3.63) is 82.1 Å². The van der Waals surface area contributed by atoms with Gasteiger partial charge in [-0.25, -0.2) is 0 Å². The Kier molecular flexibility index (Phi) is 4.43. The molecule has 0 bridgehead atoms. The average Bonchev–Trinajstić information content (AvgIpc) is 2.67. The number of para-hydroxylation sites is 1. The molecule has 0 saturated carbocycles. The zero-order chi connectivity index (χ0) is 19.0. The molecule has 4 aromatic rings. The van der Waals surface area contributed by atoms with Crippen molar-refractivity contribution in [2.75, 3.05) is 0 Å². The Labute approximate surface area is 164 Å². The first kappa shape index (κ1) is 17.3. The molecule has 0 aliphatic carbocycles. The van der Waals surface area contributed by atoms with Crippen LogP contribution in [0.2, 0.25) is 0 Å². The SMILES string of the molecule is Cc1cc(C(=O)[C@H](C#N)c2ccc3ccccc3n2)c2ccc(Br)cc2n1. The van der Waals surface area contributed by atoms with Crippen molar-refractivity contribution in [1.29, 1.82) is 5.26 Å². The van der Waals surface area contributed by atoms with E-state index in [9.17, 15) is 10.1 Å². The predicted octanol–water partition coefficient (Wildman–Crippen LogP) is 5.34. The number of halogens is 1. The lowest BCUT2D eigenvalue weighted by Gasteiger charge is -2.12. The van der Waals surface area contributed by atoms with Crippen LogP contribution in [-0.2, 0) is 0 Å². The summed E-state index contributed by atoms with van der Waals surface area (Å²) in [7, 11) is 0. The van der Waals surface area contributed by atoms with Gasteiger partial charge in [0.1, 0.15) is 0 Å². The van der Waals surface area contributed by atoms with E-state index in [4.69, 9.17) is 0 Å². The number of nitriles is 1. The topological polar surface area (TPSA) is 66.6 Å². The third kappa shape index (κ3) is 3.20. The number of fused-ring (bicyclic) bond motifs is 2. The van der Waals surface area contributed by atoms with Crippen LogP contribution in [0.5, 0.6) is 0 Å². The van der Waals surface area contributed by atoms with Crippen LogP contribution in [0.4, 0.5) is 0 Å². The fourth-order valence-electron chi connectivity index (χ4n) is 3.19. The molecule has 0 unspecified atom stereocenters. The molecule has 1 atom stereocenters. The molecule has 2 aromatic heterocycles. The standard InChI is InChI=1S/C22H14BrN3O/c1-13-10-17(16-8-7-15(23)11-21(16)25-13)22(27)18(12-24)20-9-6-14-4-2-3-5-19(14)26-20/h2-11,18H,1H3/t18-/m1/s1. The highest BCUT2D eigenvalue weighted by Crippen LogP contribution is 2.28. The van der Waals surface area contributed by atoms with Crippen LogP contribution >= 0.6 is 15.9 Å². The van der Waals surface area contributed by atoms with Crippen LogP contribution < -0.4 is 0 Å². The highest BCUT2D eigenvalue weighted by Gasteiger charge is 2.25. The van der Waals surface area contributed by atoms with Crippen LogP contribution in [-0.4, -0.2) is 15.8 Å². The minimum atomic E-state index is -0.969. The Morgan fingerprint density at radius 3 is 2.67 bits per heavy atom. The molecule has 130 valence electrons. The molecule has 0 aliphatic rings. The van der Waals surface area contributed by atoms with Crippen molar-refractivity contribution in [2.24, 2.45) is 0 Å². The summed E-state index contributed by atoms with van der Waals surface area (Å²) in [5.74, 6) is -1.23. The maximum atomic E-state index is 13.3. The number of Topliss-reactive ketones (excluding diaryl/α,β-unsaturated/α-hetero) is 1. The van der Waals surface area contributed by atoms with Crippen molar-refractivity contribution in [3.63, 3.8) is 0 Å². The van der Waals surface area contributed by atoms with Gasteiger partial charge < -0.3 is 0 Å². The zero-order valence-corrected chi connectivity index (χ0v) is 16.1. The molecule has 4 nitrogen and oxygen atoms in total. The van der Waals surface area contributed by atoms with E-state index in [0.717, 1.165) is 32.0 Å². The molecule has 0 fully saturated rings. The first-order valence-corrected chi connectivity index (χ1v) is 9.22. The zero-order valence-electron chi connectivity index (χ0n) is 14.5. The largest absolute Gasteiger partial charge is 0.292 e. The van der Waals surface area contributed by atoms with Crippen molar-refractivity contribution >= 4 is 43.5 Å². The number of ketones is 1. The van der Waals surface area contributed by atoms with Crippen molar-refractivity contribution < 1.29 is 4.79 Å². The molecular formula is C22H14BrN3O. The number of hydrogen-bond acceptors (Lipinski definition) is 4. The fraction of sp³-hybridized carbons (Fsp3) is 0.0909. The van der Waals surface area contributed by atoms with E-state index < -0.39 is 5.92 Å². The number of pyridine rings is 2. The van der Waals surface area contributed by atoms with Gasteiger partial charge in [0.2, 0.25) is 0 Å². The quantitative estimate of drug-likeness (QED) is 0.423. The number of nitrogens with zero attached hydrogens (tertiary/aromatic N) is 3. The molecule has 0 saturated heterocycles. The highest BCUT2D eigenvalue weighted by molar-refractivity contribution is 9.10. The van der Waals surface area contributed by atoms with Gasteiger partial charge in [-0.3, -0.25) is 14.8 Å². The Morgan fingerprint density at radius 1 is 1.04 bits per heavy atom. The number of hydrogen-bond donors (Lipinski definition) is 0. The monoisotopic (exact) mass is 415 g/mol. The van der Waals surface area contributed by atoms with E-state index in [0.29, 0.717) is 11.3 Å². The smallest absolute Gasteiger partial charge is 0.186 e. The summed E-state index contributed by atoms with van der Waals surface area (Å²) in [6, 6.07) is 20.8. The highest BCUT2D eigenvalue weighted by atomic mass is 79.9. The Hall–Kier alpha value is -3.10. The number of aryl methyl sites for hydroxylation is 1. The minimum absolute atomic E-state index is 0.266. The van der Waals surface area contributed by atoms with Crippen LogP contribution in [0.1, 0.15) is 27.7 Å². The van der Waals surface area contributed by atoms with Gasteiger partial charge in [0.05, 0.1) is 22.8 Å². The summed E-state index contributed by atoms with van der Waals surface area (Å²) in [5.41, 5.74) is 3.16. The fourth-order valence-corrected chi connectivity index (χ4v) is 3.54.